The first-order chi connectivity index (χ1) is 10.1. The van der Waals surface area contributed by atoms with E-state index in [-0.39, 0.29) is 11.6 Å². The van der Waals surface area contributed by atoms with Crippen LogP contribution in [-0.4, -0.2) is 19.6 Å². The number of nitrogens with one attached hydrogen (secondary N) is 2. The second-order valence-corrected chi connectivity index (χ2v) is 4.10. The molecule has 4 nitrogen and oxygen atoms in total. The molecule has 0 fully saturated rings. The summed E-state index contributed by atoms with van der Waals surface area (Å²) in [6.07, 6.45) is 0. The zero-order chi connectivity index (χ0) is 15.2. The number of amidine groups is 1. The van der Waals surface area contributed by atoms with Gasteiger partial charge in [0.1, 0.15) is 17.3 Å². The number of para-hydroxylation sites is 1. The summed E-state index contributed by atoms with van der Waals surface area (Å²) < 4.78 is 33.5. The van der Waals surface area contributed by atoms with Crippen LogP contribution in [0.1, 0.15) is 5.56 Å². The molecule has 0 radical (unpaired) electrons. The minimum absolute atomic E-state index is 0.0689. The molecule has 0 saturated heterocycles. The van der Waals surface area contributed by atoms with Crippen LogP contribution >= 0.6 is 0 Å². The fraction of sp³-hybridized carbons (Fsp3) is 0.133. The van der Waals surface area contributed by atoms with Gasteiger partial charge in [-0.1, -0.05) is 12.1 Å². The second-order valence-electron chi connectivity index (χ2n) is 4.10. The van der Waals surface area contributed by atoms with E-state index in [0.29, 0.717) is 17.0 Å². The molecule has 2 rings (SSSR count). The van der Waals surface area contributed by atoms with Crippen molar-refractivity contribution < 1.29 is 18.3 Å². The van der Waals surface area contributed by atoms with Gasteiger partial charge in [-0.25, -0.2) is 0 Å². The Morgan fingerprint density at radius 1 is 1.10 bits per heavy atom. The number of halogens is 2. The van der Waals surface area contributed by atoms with Gasteiger partial charge >= 0.3 is 6.61 Å². The summed E-state index contributed by atoms with van der Waals surface area (Å²) in [5.74, 6) is 0.794. The van der Waals surface area contributed by atoms with E-state index in [1.54, 1.807) is 30.3 Å². The molecular formula is C15H14F2N2O2. The maximum atomic E-state index is 12.1. The quantitative estimate of drug-likeness (QED) is 0.652. The molecular weight excluding hydrogens is 278 g/mol. The van der Waals surface area contributed by atoms with Gasteiger partial charge in [-0.05, 0) is 36.4 Å². The number of hydrogen-bond donors (Lipinski definition) is 2. The van der Waals surface area contributed by atoms with Crippen molar-refractivity contribution in [3.63, 3.8) is 0 Å². The molecule has 2 aromatic carbocycles. The summed E-state index contributed by atoms with van der Waals surface area (Å²) in [4.78, 5) is 0. The van der Waals surface area contributed by atoms with Crippen molar-refractivity contribution in [1.82, 2.24) is 0 Å². The zero-order valence-corrected chi connectivity index (χ0v) is 11.3. The summed E-state index contributed by atoms with van der Waals surface area (Å²) in [7, 11) is 1.53. The monoisotopic (exact) mass is 292 g/mol. The van der Waals surface area contributed by atoms with Crippen molar-refractivity contribution >= 4 is 11.5 Å². The Balaban J connectivity index is 2.09. The third-order valence-corrected chi connectivity index (χ3v) is 2.73. The lowest BCUT2D eigenvalue weighted by atomic mass is 10.1. The highest BCUT2D eigenvalue weighted by Gasteiger charge is 2.08. The minimum Gasteiger partial charge on any atom is -0.496 e. The van der Waals surface area contributed by atoms with Crippen LogP contribution in [0.15, 0.2) is 48.5 Å². The first kappa shape index (κ1) is 14.8. The van der Waals surface area contributed by atoms with E-state index in [1.165, 1.54) is 19.2 Å². The Bertz CT molecular complexity index is 615. The smallest absolute Gasteiger partial charge is 0.387 e. The van der Waals surface area contributed by atoms with Gasteiger partial charge in [0.2, 0.25) is 0 Å². The van der Waals surface area contributed by atoms with E-state index in [1.807, 2.05) is 6.07 Å². The molecule has 0 bridgehead atoms. The van der Waals surface area contributed by atoms with Gasteiger partial charge in [-0.2, -0.15) is 8.78 Å². The lowest BCUT2D eigenvalue weighted by Crippen LogP contribution is -2.13. The average molecular weight is 292 g/mol. The van der Waals surface area contributed by atoms with Crippen molar-refractivity contribution in [3.8, 4) is 11.5 Å². The Morgan fingerprint density at radius 2 is 1.76 bits per heavy atom. The Kier molecular flexibility index (Phi) is 4.71. The SMILES string of the molecule is COc1ccccc1C(=N)Nc1ccc(OC(F)F)cc1. The molecule has 0 aliphatic heterocycles. The summed E-state index contributed by atoms with van der Waals surface area (Å²) in [6, 6.07) is 13.0. The number of alkyl halides is 2. The fourth-order valence-electron chi connectivity index (χ4n) is 1.78. The Hall–Kier alpha value is -2.63. The van der Waals surface area contributed by atoms with Gasteiger partial charge in [0, 0.05) is 5.69 Å². The largest absolute Gasteiger partial charge is 0.496 e. The maximum Gasteiger partial charge on any atom is 0.387 e. The number of ether oxygens (including phenoxy) is 2. The van der Waals surface area contributed by atoms with E-state index < -0.39 is 6.61 Å². The molecule has 2 N–H and O–H groups in total. The third kappa shape index (κ3) is 3.92. The van der Waals surface area contributed by atoms with Crippen molar-refractivity contribution in [2.75, 3.05) is 12.4 Å². The molecule has 0 spiro atoms. The summed E-state index contributed by atoms with van der Waals surface area (Å²) in [5.41, 5.74) is 1.19. The van der Waals surface area contributed by atoms with Crippen molar-refractivity contribution in [2.45, 2.75) is 6.61 Å². The molecule has 110 valence electrons. The van der Waals surface area contributed by atoms with Gasteiger partial charge in [0.05, 0.1) is 12.7 Å². The second kappa shape index (κ2) is 6.69. The molecule has 0 heterocycles. The summed E-state index contributed by atoms with van der Waals surface area (Å²) >= 11 is 0. The minimum atomic E-state index is -2.85. The van der Waals surface area contributed by atoms with E-state index in [4.69, 9.17) is 10.1 Å². The molecule has 0 atom stereocenters. The van der Waals surface area contributed by atoms with Crippen LogP contribution in [0.3, 0.4) is 0 Å². The van der Waals surface area contributed by atoms with Gasteiger partial charge in [-0.3, -0.25) is 5.41 Å². The van der Waals surface area contributed by atoms with Gasteiger partial charge in [0.15, 0.2) is 0 Å². The number of anilines is 1. The van der Waals surface area contributed by atoms with Crippen LogP contribution in [0.2, 0.25) is 0 Å². The number of rotatable bonds is 5. The highest BCUT2D eigenvalue weighted by atomic mass is 19.3. The van der Waals surface area contributed by atoms with Crippen molar-refractivity contribution in [1.29, 1.82) is 5.41 Å². The standard InChI is InChI=1S/C15H14F2N2O2/c1-20-13-5-3-2-4-12(13)14(18)19-10-6-8-11(9-7-10)21-15(16)17/h2-9,15H,1H3,(H2,18,19). The molecule has 21 heavy (non-hydrogen) atoms. The van der Waals surface area contributed by atoms with Crippen LogP contribution in [0.5, 0.6) is 11.5 Å². The molecule has 0 aromatic heterocycles. The van der Waals surface area contributed by atoms with Gasteiger partial charge in [0.25, 0.3) is 0 Å². The molecule has 0 aliphatic carbocycles. The normalized spacial score (nSPS) is 10.3. The zero-order valence-electron chi connectivity index (χ0n) is 11.3. The maximum absolute atomic E-state index is 12.1. The fourth-order valence-corrected chi connectivity index (χ4v) is 1.78. The molecule has 0 unspecified atom stereocenters. The highest BCUT2D eigenvalue weighted by molar-refractivity contribution is 6.07. The number of hydrogen-bond acceptors (Lipinski definition) is 3. The molecule has 0 aliphatic rings. The van der Waals surface area contributed by atoms with E-state index in [9.17, 15) is 8.78 Å². The number of benzene rings is 2. The topological polar surface area (TPSA) is 54.3 Å². The Morgan fingerprint density at radius 3 is 2.38 bits per heavy atom. The van der Waals surface area contributed by atoms with Gasteiger partial charge < -0.3 is 14.8 Å². The van der Waals surface area contributed by atoms with Crippen LogP contribution in [0.4, 0.5) is 14.5 Å². The first-order valence-corrected chi connectivity index (χ1v) is 6.14. The summed E-state index contributed by atoms with van der Waals surface area (Å²) in [5, 5.41) is 10.9. The molecule has 6 heteroatoms. The van der Waals surface area contributed by atoms with Crippen LogP contribution < -0.4 is 14.8 Å². The lowest BCUT2D eigenvalue weighted by molar-refractivity contribution is -0.0498. The molecule has 0 amide bonds. The van der Waals surface area contributed by atoms with Crippen LogP contribution in [0, 0.1) is 5.41 Å². The lowest BCUT2D eigenvalue weighted by Gasteiger charge is -2.12. The number of methoxy groups -OCH3 is 1. The predicted octanol–water partition coefficient (Wildman–Crippen LogP) is 3.73. The van der Waals surface area contributed by atoms with E-state index in [0.717, 1.165) is 0 Å². The van der Waals surface area contributed by atoms with Crippen molar-refractivity contribution in [3.05, 3.63) is 54.1 Å². The highest BCUT2D eigenvalue weighted by Crippen LogP contribution is 2.21. The molecule has 0 saturated carbocycles. The molecule has 2 aromatic rings. The predicted molar refractivity (Wildman–Crippen MR) is 76.5 cm³/mol. The van der Waals surface area contributed by atoms with Crippen molar-refractivity contribution in [2.24, 2.45) is 0 Å². The third-order valence-electron chi connectivity index (χ3n) is 2.73. The van der Waals surface area contributed by atoms with E-state index in [2.05, 4.69) is 10.1 Å². The Labute approximate surface area is 120 Å². The van der Waals surface area contributed by atoms with Crippen LogP contribution in [0.25, 0.3) is 0 Å². The first-order valence-electron chi connectivity index (χ1n) is 6.14. The van der Waals surface area contributed by atoms with E-state index >= 15 is 0 Å². The summed E-state index contributed by atoms with van der Waals surface area (Å²) in [6.45, 7) is -2.85. The van der Waals surface area contributed by atoms with Gasteiger partial charge in [-0.15, -0.1) is 0 Å². The van der Waals surface area contributed by atoms with Crippen LogP contribution in [-0.2, 0) is 0 Å². The average Bonchev–Trinajstić information content (AvgIpc) is 2.48.